The fourth-order valence-corrected chi connectivity index (χ4v) is 5.35. The first-order valence-electron chi connectivity index (χ1n) is 10.9. The smallest absolute Gasteiger partial charge is 0.317 e. The molecular formula is C22H32FN5OS. The number of rotatable bonds is 5. The molecule has 3 unspecified atom stereocenters. The number of nitrogens with one attached hydrogen (secondary N) is 1. The minimum atomic E-state index is -0.942. The van der Waals surface area contributed by atoms with Gasteiger partial charge in [0.1, 0.15) is 12.0 Å². The summed E-state index contributed by atoms with van der Waals surface area (Å²) in [6, 6.07) is 7.89. The van der Waals surface area contributed by atoms with E-state index in [9.17, 15) is 9.18 Å². The normalized spacial score (nSPS) is 25.4. The first-order valence-corrected chi connectivity index (χ1v) is 11.7. The van der Waals surface area contributed by atoms with Crippen LogP contribution in [-0.4, -0.2) is 79.2 Å². The van der Waals surface area contributed by atoms with E-state index in [1.807, 2.05) is 0 Å². The van der Waals surface area contributed by atoms with Crippen molar-refractivity contribution in [1.82, 2.24) is 19.5 Å². The number of amides is 2. The van der Waals surface area contributed by atoms with E-state index in [2.05, 4.69) is 43.8 Å². The van der Waals surface area contributed by atoms with Gasteiger partial charge in [-0.15, -0.1) is 0 Å². The van der Waals surface area contributed by atoms with E-state index in [1.54, 1.807) is 25.6 Å². The third-order valence-corrected chi connectivity index (χ3v) is 7.30. The van der Waals surface area contributed by atoms with Gasteiger partial charge in [0.15, 0.2) is 0 Å². The number of hydrogen-bond acceptors (Lipinski definition) is 5. The van der Waals surface area contributed by atoms with Crippen molar-refractivity contribution in [2.24, 2.45) is 5.92 Å². The quantitative estimate of drug-likeness (QED) is 0.783. The van der Waals surface area contributed by atoms with Gasteiger partial charge in [-0.3, -0.25) is 4.90 Å². The lowest BCUT2D eigenvalue weighted by atomic mass is 9.82. The van der Waals surface area contributed by atoms with Gasteiger partial charge in [0.25, 0.3) is 0 Å². The first-order chi connectivity index (χ1) is 14.5. The van der Waals surface area contributed by atoms with E-state index in [0.717, 1.165) is 57.8 Å². The summed E-state index contributed by atoms with van der Waals surface area (Å²) in [6.45, 7) is 5.06. The maximum absolute atomic E-state index is 14.6. The molecule has 3 atom stereocenters. The number of benzene rings is 1. The molecule has 1 aromatic heterocycles. The number of aromatic nitrogens is 1. The third kappa shape index (κ3) is 4.86. The van der Waals surface area contributed by atoms with Crippen LogP contribution in [0.1, 0.15) is 25.7 Å². The Morgan fingerprint density at radius 1 is 1.23 bits per heavy atom. The molecule has 2 amide bonds. The van der Waals surface area contributed by atoms with E-state index < -0.39 is 6.17 Å². The number of halogens is 1. The average Bonchev–Trinajstić information content (AvgIpc) is 3.18. The molecule has 1 saturated carbocycles. The van der Waals surface area contributed by atoms with Crippen molar-refractivity contribution in [2.45, 2.75) is 37.9 Å². The summed E-state index contributed by atoms with van der Waals surface area (Å²) in [6.07, 6.45) is 2.37. The molecule has 0 spiro atoms. The number of urea groups is 1. The Labute approximate surface area is 182 Å². The second kappa shape index (κ2) is 9.47. The fraction of sp³-hybridized carbons (Fsp3) is 0.636. The molecule has 1 aromatic carbocycles. The molecular weight excluding hydrogens is 401 g/mol. The van der Waals surface area contributed by atoms with Crippen molar-refractivity contribution < 1.29 is 9.18 Å². The molecule has 1 N–H and O–H groups in total. The summed E-state index contributed by atoms with van der Waals surface area (Å²) in [7, 11) is 3.37. The molecule has 0 bridgehead atoms. The second-order valence-corrected chi connectivity index (χ2v) is 9.57. The van der Waals surface area contributed by atoms with Crippen molar-refractivity contribution >= 4 is 33.5 Å². The number of fused-ring (bicyclic) bond motifs is 1. The van der Waals surface area contributed by atoms with Crippen LogP contribution < -0.4 is 10.2 Å². The zero-order valence-electron chi connectivity index (χ0n) is 17.9. The molecule has 8 heteroatoms. The van der Waals surface area contributed by atoms with E-state index >= 15 is 0 Å². The summed E-state index contributed by atoms with van der Waals surface area (Å²) in [5.74, 6) is 1.53. The van der Waals surface area contributed by atoms with Gasteiger partial charge < -0.3 is 15.1 Å². The van der Waals surface area contributed by atoms with E-state index in [0.29, 0.717) is 12.3 Å². The fourth-order valence-electron chi connectivity index (χ4n) is 4.56. The lowest BCUT2D eigenvalue weighted by molar-refractivity contribution is 0.130. The van der Waals surface area contributed by atoms with E-state index in [-0.39, 0.29) is 12.1 Å². The van der Waals surface area contributed by atoms with Gasteiger partial charge in [0.05, 0.1) is 10.7 Å². The van der Waals surface area contributed by atoms with Crippen molar-refractivity contribution in [1.29, 1.82) is 0 Å². The van der Waals surface area contributed by atoms with Crippen LogP contribution >= 0.6 is 11.5 Å². The Bertz CT molecular complexity index is 851. The van der Waals surface area contributed by atoms with Gasteiger partial charge >= 0.3 is 6.03 Å². The van der Waals surface area contributed by atoms with Crippen molar-refractivity contribution in [3.8, 4) is 0 Å². The number of nitrogens with zero attached hydrogens (tertiary/aromatic N) is 4. The molecule has 4 rings (SSSR count). The van der Waals surface area contributed by atoms with Crippen LogP contribution in [0.2, 0.25) is 0 Å². The van der Waals surface area contributed by atoms with Gasteiger partial charge in [0.2, 0.25) is 0 Å². The maximum Gasteiger partial charge on any atom is 0.317 e. The van der Waals surface area contributed by atoms with Crippen LogP contribution in [0.25, 0.3) is 10.1 Å². The average molecular weight is 434 g/mol. The largest absolute Gasteiger partial charge is 0.353 e. The minimum Gasteiger partial charge on any atom is -0.353 e. The summed E-state index contributed by atoms with van der Waals surface area (Å²) in [5, 5.41) is 4.07. The molecule has 2 aliphatic rings. The number of carbonyl (C=O) groups excluding carboxylic acids is 1. The van der Waals surface area contributed by atoms with Crippen molar-refractivity contribution in [2.75, 3.05) is 51.7 Å². The number of hydrogen-bond donors (Lipinski definition) is 1. The Kier molecular flexibility index (Phi) is 6.73. The molecule has 2 aromatic rings. The van der Waals surface area contributed by atoms with Crippen LogP contribution in [0.4, 0.5) is 15.0 Å². The van der Waals surface area contributed by atoms with Gasteiger partial charge in [0, 0.05) is 45.7 Å². The number of anilines is 1. The summed E-state index contributed by atoms with van der Waals surface area (Å²) < 4.78 is 20.5. The van der Waals surface area contributed by atoms with Crippen LogP contribution in [0.15, 0.2) is 24.3 Å². The Morgan fingerprint density at radius 2 is 2.00 bits per heavy atom. The highest BCUT2D eigenvalue weighted by Crippen LogP contribution is 2.31. The number of carbonyl (C=O) groups is 1. The molecule has 1 aliphatic heterocycles. The molecule has 2 fully saturated rings. The van der Waals surface area contributed by atoms with Gasteiger partial charge in [-0.05, 0) is 61.8 Å². The molecule has 1 aliphatic carbocycles. The van der Waals surface area contributed by atoms with Crippen molar-refractivity contribution in [3.05, 3.63) is 24.3 Å². The van der Waals surface area contributed by atoms with Crippen LogP contribution in [-0.2, 0) is 0 Å². The Hall–Kier alpha value is -1.93. The van der Waals surface area contributed by atoms with Crippen LogP contribution in [0.5, 0.6) is 0 Å². The summed E-state index contributed by atoms with van der Waals surface area (Å²) >= 11 is 1.57. The Morgan fingerprint density at radius 3 is 2.73 bits per heavy atom. The molecule has 2 heterocycles. The van der Waals surface area contributed by atoms with Crippen LogP contribution in [0.3, 0.4) is 0 Å². The number of alkyl halides is 1. The molecule has 164 valence electrons. The highest BCUT2D eigenvalue weighted by atomic mass is 32.1. The topological polar surface area (TPSA) is 51.7 Å². The lowest BCUT2D eigenvalue weighted by Gasteiger charge is -2.37. The van der Waals surface area contributed by atoms with E-state index in [4.69, 9.17) is 0 Å². The van der Waals surface area contributed by atoms with Crippen molar-refractivity contribution in [3.63, 3.8) is 0 Å². The highest BCUT2D eigenvalue weighted by Gasteiger charge is 2.32. The monoisotopic (exact) mass is 433 g/mol. The maximum atomic E-state index is 14.6. The van der Waals surface area contributed by atoms with E-state index in [1.165, 1.54) is 15.0 Å². The van der Waals surface area contributed by atoms with Gasteiger partial charge in [-0.2, -0.15) is 4.37 Å². The molecule has 1 saturated heterocycles. The summed E-state index contributed by atoms with van der Waals surface area (Å²) in [4.78, 5) is 18.1. The highest BCUT2D eigenvalue weighted by molar-refractivity contribution is 7.13. The third-order valence-electron chi connectivity index (χ3n) is 6.48. The molecule has 30 heavy (non-hydrogen) atoms. The second-order valence-electron chi connectivity index (χ2n) is 8.77. The van der Waals surface area contributed by atoms with Gasteiger partial charge in [-0.1, -0.05) is 12.1 Å². The standard InChI is InChI=1S/C22H32FN5OS/c1-26(2)22(29)24-19-8-7-16(15-18(19)23)9-10-27-11-13-28(14-12-27)21-17-5-3-4-6-20(17)30-25-21/h3-6,16,18-19H,7-15H2,1-2H3,(H,24,29). The Balaban J connectivity index is 1.20. The molecule has 0 radical (unpaired) electrons. The first kappa shape index (κ1) is 21.3. The molecule has 6 nitrogen and oxygen atoms in total. The van der Waals surface area contributed by atoms with Gasteiger partial charge in [-0.25, -0.2) is 9.18 Å². The predicted molar refractivity (Wildman–Crippen MR) is 121 cm³/mol. The predicted octanol–water partition coefficient (Wildman–Crippen LogP) is 3.59. The minimum absolute atomic E-state index is 0.202. The zero-order valence-corrected chi connectivity index (χ0v) is 18.7. The SMILES string of the molecule is CN(C)C(=O)NC1CCC(CCN2CCN(c3nsc4ccccc34)CC2)CC1F. The van der Waals surface area contributed by atoms with Crippen LogP contribution in [0, 0.1) is 5.92 Å². The summed E-state index contributed by atoms with van der Waals surface area (Å²) in [5.41, 5.74) is 0. The lowest BCUT2D eigenvalue weighted by Crippen LogP contribution is -2.49. The number of piperazine rings is 1. The zero-order chi connectivity index (χ0) is 21.1.